The molecule has 2 aromatic heterocycles. The molecule has 1 fully saturated rings. The Kier molecular flexibility index (Phi) is 8.45. The number of ether oxygens (including phenoxy) is 1. The molecule has 0 spiro atoms. The van der Waals surface area contributed by atoms with Crippen LogP contribution in [0.25, 0.3) is 11.1 Å². The molecular formula is C29H40B2N6O2. The standard InChI is InChI=1S/C29H40B2N6O2/c1-28(2,38)9-6-20-12-21(18-35(3)4)14-24(13-20)29(30,31)39-26-15-22(16-33-27(26)32)23-17-34-37(19-23)25-7-10-36(5)11-8-25/h12-17,19,25,38H,7-8,10-11,18,30-31H2,1-5H3,(H2,32,33). The maximum Gasteiger partial charge on any atom is 0.166 e. The first-order valence-corrected chi connectivity index (χ1v) is 13.5. The molecule has 0 atom stereocenters. The number of rotatable bonds is 7. The van der Waals surface area contributed by atoms with Crippen LogP contribution in [-0.4, -0.2) is 85.2 Å². The van der Waals surface area contributed by atoms with E-state index in [0.29, 0.717) is 17.6 Å². The van der Waals surface area contributed by atoms with Crippen molar-refractivity contribution in [2.24, 2.45) is 0 Å². The first-order chi connectivity index (χ1) is 18.3. The summed E-state index contributed by atoms with van der Waals surface area (Å²) in [4.78, 5) is 8.91. The highest BCUT2D eigenvalue weighted by atomic mass is 16.5. The molecule has 1 aromatic carbocycles. The first-order valence-electron chi connectivity index (χ1n) is 13.5. The van der Waals surface area contributed by atoms with Gasteiger partial charge in [-0.3, -0.25) is 4.68 Å². The molecule has 0 amide bonds. The number of piperidine rings is 1. The van der Waals surface area contributed by atoms with Gasteiger partial charge in [0.1, 0.15) is 5.60 Å². The predicted molar refractivity (Wildman–Crippen MR) is 162 cm³/mol. The van der Waals surface area contributed by atoms with Gasteiger partial charge in [-0.1, -0.05) is 17.9 Å². The lowest BCUT2D eigenvalue weighted by Crippen LogP contribution is -2.35. The Morgan fingerprint density at radius 1 is 1.13 bits per heavy atom. The summed E-state index contributed by atoms with van der Waals surface area (Å²) >= 11 is 0. The monoisotopic (exact) mass is 526 g/mol. The van der Waals surface area contributed by atoms with E-state index in [2.05, 4.69) is 61.8 Å². The Morgan fingerprint density at radius 2 is 1.85 bits per heavy atom. The highest BCUT2D eigenvalue weighted by Gasteiger charge is 2.26. The fourth-order valence-corrected chi connectivity index (χ4v) is 4.77. The van der Waals surface area contributed by atoms with Crippen LogP contribution in [0.3, 0.4) is 0 Å². The van der Waals surface area contributed by atoms with E-state index < -0.39 is 11.0 Å². The summed E-state index contributed by atoms with van der Waals surface area (Å²) in [6, 6.07) is 8.55. The quantitative estimate of drug-likeness (QED) is 0.356. The minimum absolute atomic E-state index is 0.334. The smallest absolute Gasteiger partial charge is 0.166 e. The van der Waals surface area contributed by atoms with Crippen molar-refractivity contribution in [3.8, 4) is 28.7 Å². The van der Waals surface area contributed by atoms with E-state index in [4.69, 9.17) is 10.5 Å². The maximum absolute atomic E-state index is 10.1. The number of benzene rings is 1. The van der Waals surface area contributed by atoms with Gasteiger partial charge in [0.05, 0.1) is 17.6 Å². The van der Waals surface area contributed by atoms with Gasteiger partial charge in [-0.25, -0.2) is 4.98 Å². The van der Waals surface area contributed by atoms with Gasteiger partial charge in [-0.05, 0) is 90.2 Å². The zero-order valence-corrected chi connectivity index (χ0v) is 24.3. The summed E-state index contributed by atoms with van der Waals surface area (Å²) in [6.07, 6.45) is 7.94. The van der Waals surface area contributed by atoms with Gasteiger partial charge in [0.25, 0.3) is 0 Å². The molecule has 204 valence electrons. The third-order valence-electron chi connectivity index (χ3n) is 6.94. The second kappa shape index (κ2) is 11.5. The molecule has 3 heterocycles. The molecule has 1 saturated heterocycles. The number of aromatic nitrogens is 3. The fraction of sp³-hybridized carbons (Fsp3) is 0.448. The first kappa shape index (κ1) is 28.8. The number of likely N-dealkylation sites (tertiary alicyclic amines) is 1. The van der Waals surface area contributed by atoms with E-state index in [1.165, 1.54) is 0 Å². The van der Waals surface area contributed by atoms with E-state index in [0.717, 1.165) is 60.3 Å². The SMILES string of the molecule is BC(B)(Oc1cc(-c2cnn(C3CCN(C)CC3)c2)cnc1N)c1cc(C#CC(C)(C)O)cc(CN(C)C)c1. The van der Waals surface area contributed by atoms with Gasteiger partial charge in [-0.15, -0.1) is 0 Å². The summed E-state index contributed by atoms with van der Waals surface area (Å²) in [7, 11) is 10.3. The van der Waals surface area contributed by atoms with E-state index in [-0.39, 0.29) is 0 Å². The van der Waals surface area contributed by atoms with Gasteiger partial charge in [0.2, 0.25) is 0 Å². The van der Waals surface area contributed by atoms with Crippen LogP contribution >= 0.6 is 0 Å². The minimum atomic E-state index is -1.08. The number of anilines is 1. The number of hydrogen-bond donors (Lipinski definition) is 2. The Bertz CT molecular complexity index is 1360. The van der Waals surface area contributed by atoms with Crippen LogP contribution in [0.2, 0.25) is 0 Å². The minimum Gasteiger partial charge on any atom is -0.497 e. The normalized spacial score (nSPS) is 15.3. The topological polar surface area (TPSA) is 92.7 Å². The zero-order chi connectivity index (χ0) is 28.4. The third kappa shape index (κ3) is 7.66. The number of nitrogens with zero attached hydrogens (tertiary/aromatic N) is 5. The molecular weight excluding hydrogens is 486 g/mol. The molecule has 0 unspecified atom stereocenters. The van der Waals surface area contributed by atoms with Crippen molar-refractivity contribution in [2.45, 2.75) is 50.3 Å². The van der Waals surface area contributed by atoms with Crippen LogP contribution in [0.1, 0.15) is 49.4 Å². The lowest BCUT2D eigenvalue weighted by atomic mass is 9.60. The number of nitrogens with two attached hydrogens (primary N) is 1. The van der Waals surface area contributed by atoms with Crippen LogP contribution in [-0.2, 0) is 11.9 Å². The molecule has 3 aromatic rings. The Hall–Kier alpha value is -3.25. The summed E-state index contributed by atoms with van der Waals surface area (Å²) < 4.78 is 8.62. The largest absolute Gasteiger partial charge is 0.497 e. The van der Waals surface area contributed by atoms with Crippen LogP contribution in [0.4, 0.5) is 5.82 Å². The molecule has 8 nitrogen and oxygen atoms in total. The Labute approximate surface area is 234 Å². The van der Waals surface area contributed by atoms with Gasteiger partial charge in [-0.2, -0.15) is 5.10 Å². The molecule has 10 heteroatoms. The lowest BCUT2D eigenvalue weighted by molar-refractivity contribution is 0.143. The maximum atomic E-state index is 10.1. The molecule has 39 heavy (non-hydrogen) atoms. The van der Waals surface area contributed by atoms with E-state index in [1.807, 2.05) is 48.1 Å². The lowest BCUT2D eigenvalue weighted by Gasteiger charge is -2.29. The van der Waals surface area contributed by atoms with E-state index in [9.17, 15) is 5.11 Å². The van der Waals surface area contributed by atoms with Crippen LogP contribution in [0.5, 0.6) is 5.75 Å². The summed E-state index contributed by atoms with van der Waals surface area (Å²) in [5.41, 5.74) is 10.00. The highest BCUT2D eigenvalue weighted by Crippen LogP contribution is 2.33. The van der Waals surface area contributed by atoms with E-state index in [1.54, 1.807) is 20.0 Å². The highest BCUT2D eigenvalue weighted by molar-refractivity contribution is 6.39. The van der Waals surface area contributed by atoms with Crippen molar-refractivity contribution in [1.82, 2.24) is 24.6 Å². The van der Waals surface area contributed by atoms with Crippen molar-refractivity contribution >= 4 is 21.5 Å². The van der Waals surface area contributed by atoms with Gasteiger partial charge >= 0.3 is 0 Å². The molecule has 1 aliphatic rings. The summed E-state index contributed by atoms with van der Waals surface area (Å²) in [5.74, 6) is 6.90. The molecule has 0 saturated carbocycles. The van der Waals surface area contributed by atoms with Gasteiger partial charge in [0, 0.05) is 35.6 Å². The van der Waals surface area contributed by atoms with Crippen LogP contribution < -0.4 is 10.5 Å². The second-order valence-electron chi connectivity index (χ2n) is 11.9. The average molecular weight is 526 g/mol. The average Bonchev–Trinajstić information content (AvgIpc) is 3.34. The number of hydrogen-bond acceptors (Lipinski definition) is 7. The zero-order valence-electron chi connectivity index (χ0n) is 24.3. The number of aliphatic hydroxyl groups is 1. The third-order valence-corrected chi connectivity index (χ3v) is 6.94. The van der Waals surface area contributed by atoms with Crippen molar-refractivity contribution in [2.75, 3.05) is 40.0 Å². The Morgan fingerprint density at radius 3 is 2.51 bits per heavy atom. The molecule has 1 aliphatic heterocycles. The predicted octanol–water partition coefficient (Wildman–Crippen LogP) is 1.43. The summed E-state index contributed by atoms with van der Waals surface area (Å²) in [5, 5.41) is 14.1. The summed E-state index contributed by atoms with van der Waals surface area (Å²) in [6.45, 7) is 6.27. The molecule has 3 N–H and O–H groups in total. The van der Waals surface area contributed by atoms with Crippen LogP contribution in [0, 0.1) is 11.8 Å². The van der Waals surface area contributed by atoms with Crippen molar-refractivity contribution in [3.05, 3.63) is 59.5 Å². The van der Waals surface area contributed by atoms with Gasteiger partial charge < -0.3 is 25.4 Å². The van der Waals surface area contributed by atoms with Crippen LogP contribution in [0.15, 0.2) is 42.9 Å². The number of nitrogen functional groups attached to an aromatic ring is 1. The molecule has 0 aliphatic carbocycles. The Balaban J connectivity index is 1.61. The van der Waals surface area contributed by atoms with Crippen molar-refractivity contribution < 1.29 is 9.84 Å². The van der Waals surface area contributed by atoms with Crippen molar-refractivity contribution in [3.63, 3.8) is 0 Å². The number of pyridine rings is 1. The van der Waals surface area contributed by atoms with Gasteiger partial charge in [0.15, 0.2) is 27.3 Å². The van der Waals surface area contributed by atoms with Crippen molar-refractivity contribution in [1.29, 1.82) is 0 Å². The molecule has 4 rings (SSSR count). The second-order valence-corrected chi connectivity index (χ2v) is 11.9. The molecule has 0 radical (unpaired) electrons. The molecule has 0 bridgehead atoms. The fourth-order valence-electron chi connectivity index (χ4n) is 4.77. The van der Waals surface area contributed by atoms with E-state index >= 15 is 0 Å².